The van der Waals surface area contributed by atoms with Gasteiger partial charge in [-0.15, -0.1) is 0 Å². The normalized spacial score (nSPS) is 11.5. The molecule has 0 fully saturated rings. The van der Waals surface area contributed by atoms with E-state index in [4.69, 9.17) is 0 Å². The van der Waals surface area contributed by atoms with Crippen LogP contribution in [0.3, 0.4) is 0 Å². The van der Waals surface area contributed by atoms with Gasteiger partial charge in [0.2, 0.25) is 0 Å². The van der Waals surface area contributed by atoms with Gasteiger partial charge in [-0.1, -0.05) is 0 Å². The first-order valence-electron chi connectivity index (χ1n) is 2.15. The molecule has 0 aliphatic rings. The molecule has 0 aromatic rings. The molecule has 0 atom stereocenters. The molecule has 0 aromatic carbocycles. The van der Waals surface area contributed by atoms with E-state index in [1.165, 1.54) is 0 Å². The monoisotopic (exact) mass is 177 g/mol. The van der Waals surface area contributed by atoms with Crippen LogP contribution in [0.25, 0.3) is 0 Å². The third kappa shape index (κ3) is 6.81. The quantitative estimate of drug-likeness (QED) is 0.458. The summed E-state index contributed by atoms with van der Waals surface area (Å²) in [4.78, 5) is 9.83. The molecule has 2 N–H and O–H groups in total. The van der Waals surface area contributed by atoms with Crippen LogP contribution in [0, 0.1) is 6.55 Å². The lowest BCUT2D eigenvalue weighted by Gasteiger charge is -2.07. The fraction of sp³-hybridized carbons (Fsp3) is 0.333. The third-order valence-corrected chi connectivity index (χ3v) is 0.463. The molecule has 3 nitrogen and oxygen atoms in total. The molecule has 0 saturated heterocycles. The zero-order chi connectivity index (χ0) is 9.07. The van der Waals surface area contributed by atoms with Crippen LogP contribution < -0.4 is 10.6 Å². The zero-order valence-electron chi connectivity index (χ0n) is 4.80. The molecule has 0 rings (SSSR count). The predicted octanol–water partition coefficient (Wildman–Crippen LogP) is 1.19. The van der Waals surface area contributed by atoms with Gasteiger partial charge in [0, 0.05) is 0 Å². The molecule has 0 aliphatic heterocycles. The molecule has 0 aliphatic carbocycles. The lowest BCUT2D eigenvalue weighted by molar-refractivity contribution is -0.145. The molecule has 11 heavy (non-hydrogen) atoms. The highest BCUT2D eigenvalue weighted by atomic mass is 19.4. The minimum Gasteiger partial charge on any atom is -0.272 e. The Labute approximate surface area is 57.6 Å². The van der Waals surface area contributed by atoms with E-state index < -0.39 is 18.9 Å². The number of hydrogen-bond acceptors (Lipinski definition) is 1. The summed E-state index contributed by atoms with van der Waals surface area (Å²) < 4.78 is 55.5. The molecule has 0 saturated carbocycles. The van der Waals surface area contributed by atoms with Gasteiger partial charge in [-0.05, 0) is 0 Å². The number of amides is 2. The van der Waals surface area contributed by atoms with Gasteiger partial charge in [-0.2, -0.15) is 22.0 Å². The fourth-order valence-corrected chi connectivity index (χ4v) is 0.246. The number of carbonyl (C=O) groups is 1. The molecule has 0 heterocycles. The Morgan fingerprint density at radius 3 is 1.91 bits per heavy atom. The zero-order valence-corrected chi connectivity index (χ0v) is 4.80. The standard InChI is InChI=1S/C3H2F5N2O/c4-1(5)9-2(11)10-3(6,7)8/h(H2,9,10,11). The van der Waals surface area contributed by atoms with Crippen molar-refractivity contribution in [2.24, 2.45) is 0 Å². The molecular weight excluding hydrogens is 175 g/mol. The van der Waals surface area contributed by atoms with Crippen molar-refractivity contribution in [3.63, 3.8) is 0 Å². The summed E-state index contributed by atoms with van der Waals surface area (Å²) in [5, 5.41) is 0.912. The van der Waals surface area contributed by atoms with E-state index >= 15 is 0 Å². The molecule has 0 spiro atoms. The Kier molecular flexibility index (Phi) is 3.02. The maximum atomic E-state index is 11.1. The lowest BCUT2D eigenvalue weighted by Crippen LogP contribution is -2.43. The summed E-state index contributed by atoms with van der Waals surface area (Å²) in [6.07, 6.45) is -5.00. The summed E-state index contributed by atoms with van der Waals surface area (Å²) in [6.45, 7) is -2.60. The van der Waals surface area contributed by atoms with Crippen LogP contribution in [0.4, 0.5) is 26.7 Å². The molecule has 0 bridgehead atoms. The van der Waals surface area contributed by atoms with Crippen molar-refractivity contribution in [2.45, 2.75) is 6.30 Å². The van der Waals surface area contributed by atoms with Gasteiger partial charge in [0.05, 0.1) is 0 Å². The first kappa shape index (κ1) is 9.92. The molecule has 0 aromatic heterocycles. The molecule has 8 heteroatoms. The molecule has 65 valence electrons. The molecule has 0 unspecified atom stereocenters. The van der Waals surface area contributed by atoms with Crippen molar-refractivity contribution in [3.8, 4) is 0 Å². The second kappa shape index (κ2) is 3.35. The van der Waals surface area contributed by atoms with E-state index in [1.807, 2.05) is 0 Å². The van der Waals surface area contributed by atoms with Crippen molar-refractivity contribution < 1.29 is 26.7 Å². The molecular formula is C3H2F5N2O. The summed E-state index contributed by atoms with van der Waals surface area (Å²) in [5.74, 6) is 0. The topological polar surface area (TPSA) is 41.1 Å². The fourth-order valence-electron chi connectivity index (χ4n) is 0.246. The number of rotatable bonds is 1. The maximum absolute atomic E-state index is 11.1. The molecule has 2 amide bonds. The van der Waals surface area contributed by atoms with E-state index in [9.17, 15) is 26.7 Å². The number of halogens is 5. The average Bonchev–Trinajstić information content (AvgIpc) is 1.53. The van der Waals surface area contributed by atoms with E-state index in [2.05, 4.69) is 0 Å². The van der Waals surface area contributed by atoms with Crippen LogP contribution in [0.15, 0.2) is 0 Å². The number of alkyl halides is 3. The Bertz CT molecular complexity index is 143. The van der Waals surface area contributed by atoms with Crippen LogP contribution in [-0.4, -0.2) is 12.3 Å². The molecule has 1 radical (unpaired) electrons. The first-order valence-corrected chi connectivity index (χ1v) is 2.15. The van der Waals surface area contributed by atoms with Crippen LogP contribution in [0.2, 0.25) is 0 Å². The van der Waals surface area contributed by atoms with Crippen molar-refractivity contribution in [2.75, 3.05) is 0 Å². The Morgan fingerprint density at radius 2 is 1.64 bits per heavy atom. The largest absolute Gasteiger partial charge is 0.485 e. The van der Waals surface area contributed by atoms with Gasteiger partial charge in [-0.25, -0.2) is 10.1 Å². The number of hydrogen-bond donors (Lipinski definition) is 2. The Morgan fingerprint density at radius 1 is 1.18 bits per heavy atom. The van der Waals surface area contributed by atoms with Gasteiger partial charge >= 0.3 is 18.9 Å². The number of carbonyl (C=O) groups excluding carboxylic acids is 1. The minimum absolute atomic E-state index is 0.300. The van der Waals surface area contributed by atoms with Crippen LogP contribution in [-0.2, 0) is 0 Å². The summed E-state index contributed by atoms with van der Waals surface area (Å²) in [6, 6.07) is -2.02. The summed E-state index contributed by atoms with van der Waals surface area (Å²) in [5.41, 5.74) is 0. The highest BCUT2D eigenvalue weighted by molar-refractivity contribution is 5.74. The van der Waals surface area contributed by atoms with Crippen LogP contribution >= 0.6 is 0 Å². The Hall–Kier alpha value is -1.08. The maximum Gasteiger partial charge on any atom is 0.485 e. The average molecular weight is 177 g/mol. The number of urea groups is 1. The van der Waals surface area contributed by atoms with Gasteiger partial charge < -0.3 is 0 Å². The van der Waals surface area contributed by atoms with E-state index in [0.717, 1.165) is 0 Å². The van der Waals surface area contributed by atoms with Gasteiger partial charge in [0.15, 0.2) is 0 Å². The second-order valence-electron chi connectivity index (χ2n) is 1.34. The van der Waals surface area contributed by atoms with E-state index in [0.29, 0.717) is 10.6 Å². The smallest absolute Gasteiger partial charge is 0.272 e. The van der Waals surface area contributed by atoms with Crippen molar-refractivity contribution >= 4 is 6.03 Å². The van der Waals surface area contributed by atoms with Crippen molar-refractivity contribution in [3.05, 3.63) is 6.55 Å². The predicted molar refractivity (Wildman–Crippen MR) is 23.2 cm³/mol. The number of nitrogens with one attached hydrogen (secondary N) is 2. The van der Waals surface area contributed by atoms with E-state index in [1.54, 1.807) is 0 Å². The Balaban J connectivity index is 3.71. The SMILES string of the molecule is O=C(N[C](F)F)NC(F)(F)F. The van der Waals surface area contributed by atoms with Gasteiger partial charge in [0.25, 0.3) is 0 Å². The second-order valence-corrected chi connectivity index (χ2v) is 1.34. The lowest BCUT2D eigenvalue weighted by atomic mass is 10.9. The summed E-state index contributed by atoms with van der Waals surface area (Å²) >= 11 is 0. The van der Waals surface area contributed by atoms with Crippen molar-refractivity contribution in [1.29, 1.82) is 0 Å². The third-order valence-electron chi connectivity index (χ3n) is 0.463. The highest BCUT2D eigenvalue weighted by Gasteiger charge is 2.30. The van der Waals surface area contributed by atoms with E-state index in [-0.39, 0.29) is 0 Å². The van der Waals surface area contributed by atoms with Gasteiger partial charge in [-0.3, -0.25) is 5.32 Å². The minimum atomic E-state index is -5.00. The van der Waals surface area contributed by atoms with Crippen molar-refractivity contribution in [1.82, 2.24) is 10.6 Å². The summed E-state index contributed by atoms with van der Waals surface area (Å²) in [7, 11) is 0. The highest BCUT2D eigenvalue weighted by Crippen LogP contribution is 2.09. The van der Waals surface area contributed by atoms with Crippen LogP contribution in [0.5, 0.6) is 0 Å². The van der Waals surface area contributed by atoms with Crippen LogP contribution in [0.1, 0.15) is 0 Å². The first-order chi connectivity index (χ1) is 4.81. The van der Waals surface area contributed by atoms with Gasteiger partial charge in [0.1, 0.15) is 0 Å².